The first-order valence-corrected chi connectivity index (χ1v) is 9.59. The van der Waals surface area contributed by atoms with Crippen LogP contribution < -0.4 is 19.5 Å². The van der Waals surface area contributed by atoms with Gasteiger partial charge in [0.05, 0.1) is 31.8 Å². The monoisotopic (exact) mass is 395 g/mol. The van der Waals surface area contributed by atoms with Gasteiger partial charge >= 0.3 is 0 Å². The maximum atomic E-state index is 12.8. The normalized spacial score (nSPS) is 10.4. The Balaban J connectivity index is 1.69. The lowest BCUT2D eigenvalue weighted by atomic mass is 10.1. The van der Waals surface area contributed by atoms with Crippen LogP contribution in [0.2, 0.25) is 0 Å². The standard InChI is InChI=1S/C22H25N3O4/c1-3-27-20-10-9-17(15-21(20)28-4-2)22(26)24-18-7-5-6-8-19(18)29-14-13-25-12-11-23-16-25/h5-12,15-16H,3-4,13-14H2,1-2H3,(H,24,26). The van der Waals surface area contributed by atoms with Crippen LogP contribution in [0.1, 0.15) is 24.2 Å². The Hall–Kier alpha value is -3.48. The minimum absolute atomic E-state index is 0.250. The first-order valence-electron chi connectivity index (χ1n) is 9.59. The molecule has 0 radical (unpaired) electrons. The van der Waals surface area contributed by atoms with E-state index in [4.69, 9.17) is 14.2 Å². The van der Waals surface area contributed by atoms with E-state index >= 15 is 0 Å². The van der Waals surface area contributed by atoms with Crippen LogP contribution in [0.25, 0.3) is 0 Å². The molecule has 2 aromatic carbocycles. The lowest BCUT2D eigenvalue weighted by Gasteiger charge is -2.14. The minimum Gasteiger partial charge on any atom is -0.490 e. The maximum absolute atomic E-state index is 12.8. The largest absolute Gasteiger partial charge is 0.490 e. The number of imidazole rings is 1. The van der Waals surface area contributed by atoms with Crippen molar-refractivity contribution in [3.8, 4) is 17.2 Å². The summed E-state index contributed by atoms with van der Waals surface area (Å²) in [5.74, 6) is 1.53. The first-order chi connectivity index (χ1) is 14.2. The van der Waals surface area contributed by atoms with Gasteiger partial charge in [-0.2, -0.15) is 0 Å². The van der Waals surface area contributed by atoms with Crippen molar-refractivity contribution in [1.29, 1.82) is 0 Å². The summed E-state index contributed by atoms with van der Waals surface area (Å²) < 4.78 is 18.9. The number of amides is 1. The number of aromatic nitrogens is 2. The van der Waals surface area contributed by atoms with Crippen molar-refractivity contribution in [1.82, 2.24) is 9.55 Å². The summed E-state index contributed by atoms with van der Waals surface area (Å²) in [5, 5.41) is 2.91. The predicted octanol–water partition coefficient (Wildman–Crippen LogP) is 4.01. The van der Waals surface area contributed by atoms with Crippen molar-refractivity contribution in [3.05, 3.63) is 66.7 Å². The van der Waals surface area contributed by atoms with E-state index in [0.29, 0.717) is 54.9 Å². The molecule has 1 heterocycles. The number of hydrogen-bond acceptors (Lipinski definition) is 5. The fourth-order valence-corrected chi connectivity index (χ4v) is 2.76. The molecule has 0 spiro atoms. The highest BCUT2D eigenvalue weighted by Crippen LogP contribution is 2.30. The van der Waals surface area contributed by atoms with Crippen LogP contribution in [0.15, 0.2) is 61.2 Å². The fourth-order valence-electron chi connectivity index (χ4n) is 2.76. The number of para-hydroxylation sites is 2. The van der Waals surface area contributed by atoms with Crippen molar-refractivity contribution in [2.75, 3.05) is 25.1 Å². The third-order valence-electron chi connectivity index (χ3n) is 4.11. The highest BCUT2D eigenvalue weighted by Gasteiger charge is 2.13. The van der Waals surface area contributed by atoms with Gasteiger partial charge in [-0.25, -0.2) is 4.98 Å². The van der Waals surface area contributed by atoms with Crippen LogP contribution >= 0.6 is 0 Å². The fraction of sp³-hybridized carbons (Fsp3) is 0.273. The van der Waals surface area contributed by atoms with E-state index < -0.39 is 0 Å². The first kappa shape index (κ1) is 20.3. The summed E-state index contributed by atoms with van der Waals surface area (Å²) in [5.41, 5.74) is 1.08. The Morgan fingerprint density at radius 2 is 1.79 bits per heavy atom. The predicted molar refractivity (Wildman–Crippen MR) is 111 cm³/mol. The number of benzene rings is 2. The summed E-state index contributed by atoms with van der Waals surface area (Å²) in [7, 11) is 0. The molecule has 1 amide bonds. The van der Waals surface area contributed by atoms with Crippen LogP contribution in [0.3, 0.4) is 0 Å². The number of nitrogens with zero attached hydrogens (tertiary/aromatic N) is 2. The number of nitrogens with one attached hydrogen (secondary N) is 1. The molecule has 1 N–H and O–H groups in total. The summed E-state index contributed by atoms with van der Waals surface area (Å²) in [6, 6.07) is 12.5. The van der Waals surface area contributed by atoms with Crippen molar-refractivity contribution in [2.45, 2.75) is 20.4 Å². The third-order valence-corrected chi connectivity index (χ3v) is 4.11. The molecule has 0 aliphatic carbocycles. The number of ether oxygens (including phenoxy) is 3. The molecule has 0 unspecified atom stereocenters. The third kappa shape index (κ3) is 5.51. The number of carbonyl (C=O) groups is 1. The second kappa shape index (κ2) is 10.2. The van der Waals surface area contributed by atoms with E-state index in [-0.39, 0.29) is 5.91 Å². The molecule has 1 aromatic heterocycles. The molecule has 0 fully saturated rings. The Labute approximate surface area is 170 Å². The van der Waals surface area contributed by atoms with Gasteiger partial charge in [-0.1, -0.05) is 12.1 Å². The minimum atomic E-state index is -0.250. The van der Waals surface area contributed by atoms with Gasteiger partial charge in [-0.05, 0) is 44.2 Å². The molecular formula is C22H25N3O4. The van der Waals surface area contributed by atoms with E-state index in [2.05, 4.69) is 10.3 Å². The van der Waals surface area contributed by atoms with Gasteiger partial charge in [-0.3, -0.25) is 4.79 Å². The Kier molecular flexibility index (Phi) is 7.10. The molecule has 0 bridgehead atoms. The van der Waals surface area contributed by atoms with Gasteiger partial charge in [0.25, 0.3) is 5.91 Å². The zero-order valence-electron chi connectivity index (χ0n) is 16.6. The van der Waals surface area contributed by atoms with E-state index in [1.807, 2.05) is 48.9 Å². The smallest absolute Gasteiger partial charge is 0.255 e. The zero-order valence-corrected chi connectivity index (χ0v) is 16.6. The van der Waals surface area contributed by atoms with E-state index in [1.54, 1.807) is 30.7 Å². The summed E-state index contributed by atoms with van der Waals surface area (Å²) in [6.07, 6.45) is 5.33. The second-order valence-electron chi connectivity index (χ2n) is 6.13. The highest BCUT2D eigenvalue weighted by molar-refractivity contribution is 6.05. The molecule has 3 aromatic rings. The van der Waals surface area contributed by atoms with Crippen molar-refractivity contribution in [3.63, 3.8) is 0 Å². The highest BCUT2D eigenvalue weighted by atomic mass is 16.5. The quantitative estimate of drug-likeness (QED) is 0.561. The van der Waals surface area contributed by atoms with Gasteiger partial charge in [-0.15, -0.1) is 0 Å². The van der Waals surface area contributed by atoms with Crippen LogP contribution in [0, 0.1) is 0 Å². The van der Waals surface area contributed by atoms with Gasteiger partial charge in [0.2, 0.25) is 0 Å². The molecule has 7 nitrogen and oxygen atoms in total. The van der Waals surface area contributed by atoms with E-state index in [0.717, 1.165) is 0 Å². The summed E-state index contributed by atoms with van der Waals surface area (Å²) in [4.78, 5) is 16.8. The number of carbonyl (C=O) groups excluding carboxylic acids is 1. The van der Waals surface area contributed by atoms with Crippen molar-refractivity contribution in [2.24, 2.45) is 0 Å². The second-order valence-corrected chi connectivity index (χ2v) is 6.13. The average molecular weight is 395 g/mol. The lowest BCUT2D eigenvalue weighted by Crippen LogP contribution is -2.14. The molecule has 0 saturated carbocycles. The lowest BCUT2D eigenvalue weighted by molar-refractivity contribution is 0.102. The van der Waals surface area contributed by atoms with Crippen LogP contribution in [-0.2, 0) is 6.54 Å². The Bertz CT molecular complexity index is 926. The van der Waals surface area contributed by atoms with Crippen molar-refractivity contribution < 1.29 is 19.0 Å². The molecule has 0 atom stereocenters. The topological polar surface area (TPSA) is 74.6 Å². The van der Waals surface area contributed by atoms with Gasteiger partial charge in [0.1, 0.15) is 12.4 Å². The Morgan fingerprint density at radius 3 is 2.55 bits per heavy atom. The Morgan fingerprint density at radius 1 is 1.00 bits per heavy atom. The average Bonchev–Trinajstić information content (AvgIpc) is 3.24. The number of rotatable bonds is 10. The molecular weight excluding hydrogens is 370 g/mol. The van der Waals surface area contributed by atoms with Gasteiger partial charge < -0.3 is 24.1 Å². The molecule has 0 aliphatic rings. The van der Waals surface area contributed by atoms with E-state index in [1.165, 1.54) is 0 Å². The van der Waals surface area contributed by atoms with Crippen LogP contribution in [0.5, 0.6) is 17.2 Å². The molecule has 7 heteroatoms. The maximum Gasteiger partial charge on any atom is 0.255 e. The zero-order chi connectivity index (χ0) is 20.5. The molecule has 152 valence electrons. The SMILES string of the molecule is CCOc1ccc(C(=O)Nc2ccccc2OCCn2ccnc2)cc1OCC. The molecule has 29 heavy (non-hydrogen) atoms. The summed E-state index contributed by atoms with van der Waals surface area (Å²) >= 11 is 0. The van der Waals surface area contributed by atoms with E-state index in [9.17, 15) is 4.79 Å². The number of hydrogen-bond donors (Lipinski definition) is 1. The molecule has 0 saturated heterocycles. The van der Waals surface area contributed by atoms with Gasteiger partial charge in [0.15, 0.2) is 11.5 Å². The molecule has 3 rings (SSSR count). The van der Waals surface area contributed by atoms with Crippen molar-refractivity contribution >= 4 is 11.6 Å². The summed E-state index contributed by atoms with van der Waals surface area (Å²) in [6.45, 7) is 5.92. The van der Waals surface area contributed by atoms with Crippen LogP contribution in [-0.4, -0.2) is 35.3 Å². The van der Waals surface area contributed by atoms with Gasteiger partial charge in [0, 0.05) is 18.0 Å². The molecule has 0 aliphatic heterocycles. The number of anilines is 1. The van der Waals surface area contributed by atoms with Crippen LogP contribution in [0.4, 0.5) is 5.69 Å².